The number of carbonyl (C=O) groups excluding carboxylic acids is 1. The summed E-state index contributed by atoms with van der Waals surface area (Å²) in [6.07, 6.45) is 1.39. The zero-order chi connectivity index (χ0) is 11.7. The first kappa shape index (κ1) is 10.7. The Morgan fingerprint density at radius 3 is 2.81 bits per heavy atom. The molecule has 2 rings (SSSR count). The van der Waals surface area contributed by atoms with Crippen molar-refractivity contribution in [2.75, 3.05) is 0 Å². The van der Waals surface area contributed by atoms with Gasteiger partial charge in [0.15, 0.2) is 0 Å². The Balaban J connectivity index is 2.51. The van der Waals surface area contributed by atoms with E-state index in [1.54, 1.807) is 0 Å². The minimum Gasteiger partial charge on any atom is -0.550 e. The molecule has 0 aliphatic carbocycles. The third kappa shape index (κ3) is 1.94. The molecule has 1 aromatic heterocycles. The highest BCUT2D eigenvalue weighted by Crippen LogP contribution is 2.25. The van der Waals surface area contributed by atoms with Crippen molar-refractivity contribution in [2.45, 2.75) is 26.2 Å². The Kier molecular flexibility index (Phi) is 2.69. The van der Waals surface area contributed by atoms with Gasteiger partial charge in [0.1, 0.15) is 5.58 Å². The van der Waals surface area contributed by atoms with Gasteiger partial charge in [-0.25, -0.2) is 0 Å². The predicted molar refractivity (Wildman–Crippen MR) is 59.0 cm³/mol. The molecule has 0 aliphatic heterocycles. The smallest absolute Gasteiger partial charge is 0.134 e. The molecule has 3 heteroatoms. The summed E-state index contributed by atoms with van der Waals surface area (Å²) < 4.78 is 5.29. The Morgan fingerprint density at radius 2 is 2.19 bits per heavy atom. The lowest BCUT2D eigenvalue weighted by Gasteiger charge is -2.05. The van der Waals surface area contributed by atoms with Crippen LogP contribution in [0.15, 0.2) is 28.9 Å². The number of hydrogen-bond acceptors (Lipinski definition) is 3. The zero-order valence-corrected chi connectivity index (χ0v) is 9.32. The molecule has 0 unspecified atom stereocenters. The van der Waals surface area contributed by atoms with Crippen molar-refractivity contribution in [3.8, 4) is 0 Å². The van der Waals surface area contributed by atoms with Crippen LogP contribution in [0.3, 0.4) is 0 Å². The van der Waals surface area contributed by atoms with Crippen molar-refractivity contribution in [3.05, 3.63) is 35.6 Å². The van der Waals surface area contributed by atoms with Gasteiger partial charge in [-0.15, -0.1) is 0 Å². The van der Waals surface area contributed by atoms with Crippen LogP contribution in [0.4, 0.5) is 0 Å². The van der Waals surface area contributed by atoms with E-state index in [1.807, 2.05) is 18.2 Å². The van der Waals surface area contributed by atoms with Crippen LogP contribution in [0.2, 0.25) is 0 Å². The number of aliphatic carboxylic acids is 1. The molecule has 84 valence electrons. The van der Waals surface area contributed by atoms with Crippen molar-refractivity contribution in [1.82, 2.24) is 0 Å². The topological polar surface area (TPSA) is 53.3 Å². The lowest BCUT2D eigenvalue weighted by Crippen LogP contribution is -2.24. The molecule has 1 aromatic carbocycles. The Morgan fingerprint density at radius 1 is 1.44 bits per heavy atom. The van der Waals surface area contributed by atoms with Gasteiger partial charge in [0.2, 0.25) is 0 Å². The third-order valence-corrected chi connectivity index (χ3v) is 2.68. The fourth-order valence-electron chi connectivity index (χ4n) is 1.75. The summed E-state index contributed by atoms with van der Waals surface area (Å²) in [4.78, 5) is 10.6. The molecule has 0 bridgehead atoms. The average Bonchev–Trinajstić information content (AvgIpc) is 2.60. The molecule has 0 amide bonds. The molecule has 1 heterocycles. The summed E-state index contributed by atoms with van der Waals surface area (Å²) >= 11 is 0. The Hall–Kier alpha value is -1.77. The van der Waals surface area contributed by atoms with E-state index in [4.69, 9.17) is 4.42 Å². The van der Waals surface area contributed by atoms with Gasteiger partial charge in [0, 0.05) is 23.3 Å². The van der Waals surface area contributed by atoms with E-state index in [-0.39, 0.29) is 6.42 Å². The van der Waals surface area contributed by atoms with Crippen LogP contribution in [0, 0.1) is 0 Å². The highest BCUT2D eigenvalue weighted by Gasteiger charge is 2.08. The maximum atomic E-state index is 10.6. The monoisotopic (exact) mass is 217 g/mol. The quantitative estimate of drug-likeness (QED) is 0.788. The second kappa shape index (κ2) is 4.00. The number of fused-ring (bicyclic) bond motifs is 1. The van der Waals surface area contributed by atoms with Crippen molar-refractivity contribution in [1.29, 1.82) is 0 Å². The highest BCUT2D eigenvalue weighted by molar-refractivity contribution is 5.85. The van der Waals surface area contributed by atoms with Gasteiger partial charge in [-0.3, -0.25) is 0 Å². The Labute approximate surface area is 93.7 Å². The normalized spacial score (nSPS) is 11.2. The molecule has 0 radical (unpaired) electrons. The number of hydrogen-bond donors (Lipinski definition) is 0. The van der Waals surface area contributed by atoms with Crippen molar-refractivity contribution in [3.63, 3.8) is 0 Å². The summed E-state index contributed by atoms with van der Waals surface area (Å²) in [6.45, 7) is 4.19. The number of carboxylic acids is 1. The largest absolute Gasteiger partial charge is 0.550 e. The van der Waals surface area contributed by atoms with E-state index in [0.29, 0.717) is 11.5 Å². The third-order valence-electron chi connectivity index (χ3n) is 2.68. The van der Waals surface area contributed by atoms with Gasteiger partial charge in [-0.05, 0) is 23.6 Å². The van der Waals surface area contributed by atoms with E-state index in [0.717, 1.165) is 11.0 Å². The molecule has 16 heavy (non-hydrogen) atoms. The van der Waals surface area contributed by atoms with Crippen LogP contribution in [0.1, 0.15) is 30.9 Å². The number of carbonyl (C=O) groups is 1. The van der Waals surface area contributed by atoms with Crippen LogP contribution in [0.25, 0.3) is 11.0 Å². The summed E-state index contributed by atoms with van der Waals surface area (Å²) in [5.74, 6) is -0.673. The van der Waals surface area contributed by atoms with Crippen molar-refractivity contribution in [2.24, 2.45) is 0 Å². The first-order valence-electron chi connectivity index (χ1n) is 5.28. The fraction of sp³-hybridized carbons (Fsp3) is 0.308. The van der Waals surface area contributed by atoms with E-state index in [9.17, 15) is 9.90 Å². The van der Waals surface area contributed by atoms with Gasteiger partial charge < -0.3 is 14.3 Å². The van der Waals surface area contributed by atoms with Crippen LogP contribution in [0.5, 0.6) is 0 Å². The molecule has 3 nitrogen and oxygen atoms in total. The molecule has 0 N–H and O–H groups in total. The lowest BCUT2D eigenvalue weighted by atomic mass is 10.00. The summed E-state index contributed by atoms with van der Waals surface area (Å²) in [5.41, 5.74) is 2.58. The standard InChI is InChI=1S/C13H14O3/c1-8(2)9-3-4-12-11(5-9)10(7-16-12)6-13(14)15/h3-5,7-8H,6H2,1-2H3,(H,14,15)/p-1. The maximum Gasteiger partial charge on any atom is 0.134 e. The number of benzene rings is 1. The molecule has 0 spiro atoms. The SMILES string of the molecule is CC(C)c1ccc2occ(CC(=O)[O-])c2c1. The summed E-state index contributed by atoms with van der Waals surface area (Å²) in [7, 11) is 0. The Bertz CT molecular complexity index is 523. The van der Waals surface area contributed by atoms with Crippen LogP contribution < -0.4 is 5.11 Å². The number of carboxylic acid groups (broad SMARTS) is 1. The molecule has 0 atom stereocenters. The number of rotatable bonds is 3. The summed E-state index contributed by atoms with van der Waals surface area (Å²) in [6, 6.07) is 5.87. The average molecular weight is 217 g/mol. The molecule has 0 saturated heterocycles. The summed E-state index contributed by atoms with van der Waals surface area (Å²) in [5, 5.41) is 11.4. The van der Waals surface area contributed by atoms with Crippen LogP contribution in [-0.4, -0.2) is 5.97 Å². The van der Waals surface area contributed by atoms with Gasteiger partial charge in [0.05, 0.1) is 6.26 Å². The molecule has 0 aliphatic rings. The minimum absolute atomic E-state index is 0.103. The van der Waals surface area contributed by atoms with E-state index >= 15 is 0 Å². The molecule has 2 aromatic rings. The van der Waals surface area contributed by atoms with Gasteiger partial charge in [-0.2, -0.15) is 0 Å². The zero-order valence-electron chi connectivity index (χ0n) is 9.32. The molecular formula is C13H13O3-. The molecule has 0 saturated carbocycles. The van der Waals surface area contributed by atoms with Gasteiger partial charge >= 0.3 is 0 Å². The van der Waals surface area contributed by atoms with Crippen LogP contribution in [-0.2, 0) is 11.2 Å². The van der Waals surface area contributed by atoms with Crippen LogP contribution >= 0.6 is 0 Å². The van der Waals surface area contributed by atoms with E-state index in [1.165, 1.54) is 11.8 Å². The highest BCUT2D eigenvalue weighted by atomic mass is 16.4. The van der Waals surface area contributed by atoms with Gasteiger partial charge in [-0.1, -0.05) is 19.9 Å². The minimum atomic E-state index is -1.09. The predicted octanol–water partition coefficient (Wildman–Crippen LogP) is 1.85. The lowest BCUT2D eigenvalue weighted by molar-refractivity contribution is -0.304. The molecular weight excluding hydrogens is 204 g/mol. The van der Waals surface area contributed by atoms with Gasteiger partial charge in [0.25, 0.3) is 0 Å². The first-order chi connectivity index (χ1) is 7.58. The molecule has 0 fully saturated rings. The second-order valence-corrected chi connectivity index (χ2v) is 4.22. The number of furan rings is 1. The van der Waals surface area contributed by atoms with Crippen molar-refractivity contribution >= 4 is 16.9 Å². The maximum absolute atomic E-state index is 10.6. The van der Waals surface area contributed by atoms with Crippen molar-refractivity contribution < 1.29 is 14.3 Å². The second-order valence-electron chi connectivity index (χ2n) is 4.22. The fourth-order valence-corrected chi connectivity index (χ4v) is 1.75. The van der Waals surface area contributed by atoms with E-state index in [2.05, 4.69) is 13.8 Å². The van der Waals surface area contributed by atoms with E-state index < -0.39 is 5.97 Å². The first-order valence-corrected chi connectivity index (χ1v) is 5.28.